The van der Waals surface area contributed by atoms with E-state index >= 15 is 0 Å². The van der Waals surface area contributed by atoms with Gasteiger partial charge in [-0.15, -0.1) is 0 Å². The molecule has 0 amide bonds. The minimum Gasteiger partial charge on any atom is -0.390 e. The first-order valence-electron chi connectivity index (χ1n) is 5.22. The third-order valence-corrected chi connectivity index (χ3v) is 2.72. The van der Waals surface area contributed by atoms with E-state index in [1.54, 1.807) is 6.33 Å². The van der Waals surface area contributed by atoms with Gasteiger partial charge in [-0.2, -0.15) is 0 Å². The van der Waals surface area contributed by atoms with Gasteiger partial charge in [0.25, 0.3) is 0 Å². The summed E-state index contributed by atoms with van der Waals surface area (Å²) in [6, 6.07) is 0. The van der Waals surface area contributed by atoms with Crippen molar-refractivity contribution in [1.29, 1.82) is 0 Å². The van der Waals surface area contributed by atoms with Crippen molar-refractivity contribution in [2.24, 2.45) is 0 Å². The predicted molar refractivity (Wildman–Crippen MR) is 53.8 cm³/mol. The standard InChI is InChI=1S/C10H17N3O/c14-8-10-7-13(9-11-10)6-5-12-3-1-2-4-12/h7,9,14H,1-6,8H2. The van der Waals surface area contributed by atoms with Gasteiger partial charge in [0.15, 0.2) is 0 Å². The molecule has 0 aromatic carbocycles. The average Bonchev–Trinajstić information content (AvgIpc) is 2.86. The van der Waals surface area contributed by atoms with Crippen LogP contribution in [0.1, 0.15) is 18.5 Å². The molecule has 0 unspecified atom stereocenters. The van der Waals surface area contributed by atoms with E-state index in [4.69, 9.17) is 5.11 Å². The lowest BCUT2D eigenvalue weighted by Crippen LogP contribution is -2.23. The van der Waals surface area contributed by atoms with Crippen molar-refractivity contribution in [2.75, 3.05) is 19.6 Å². The molecule has 1 saturated heterocycles. The van der Waals surface area contributed by atoms with Gasteiger partial charge in [0, 0.05) is 19.3 Å². The van der Waals surface area contributed by atoms with E-state index in [-0.39, 0.29) is 6.61 Å². The molecule has 0 bridgehead atoms. The van der Waals surface area contributed by atoms with Crippen molar-refractivity contribution in [1.82, 2.24) is 14.5 Å². The summed E-state index contributed by atoms with van der Waals surface area (Å²) < 4.78 is 2.05. The molecule has 2 rings (SSSR count). The summed E-state index contributed by atoms with van der Waals surface area (Å²) in [6.07, 6.45) is 6.38. The molecule has 1 N–H and O–H groups in total. The van der Waals surface area contributed by atoms with Gasteiger partial charge in [-0.1, -0.05) is 0 Å². The number of rotatable bonds is 4. The molecule has 4 nitrogen and oxygen atoms in total. The molecular formula is C10H17N3O. The van der Waals surface area contributed by atoms with E-state index in [9.17, 15) is 0 Å². The Morgan fingerprint density at radius 1 is 1.29 bits per heavy atom. The lowest BCUT2D eigenvalue weighted by atomic mass is 10.4. The maximum Gasteiger partial charge on any atom is 0.0950 e. The summed E-state index contributed by atoms with van der Waals surface area (Å²) in [5.74, 6) is 0. The first-order valence-corrected chi connectivity index (χ1v) is 5.22. The molecule has 14 heavy (non-hydrogen) atoms. The molecule has 0 aliphatic carbocycles. The SMILES string of the molecule is OCc1cn(CCN2CCCC2)cn1. The zero-order valence-electron chi connectivity index (χ0n) is 8.39. The van der Waals surface area contributed by atoms with Gasteiger partial charge in [-0.25, -0.2) is 4.98 Å². The fraction of sp³-hybridized carbons (Fsp3) is 0.700. The van der Waals surface area contributed by atoms with Crippen molar-refractivity contribution in [3.05, 3.63) is 18.2 Å². The maximum absolute atomic E-state index is 8.84. The Bertz CT molecular complexity index is 279. The molecule has 0 spiro atoms. The lowest BCUT2D eigenvalue weighted by molar-refractivity contribution is 0.277. The lowest BCUT2D eigenvalue weighted by Gasteiger charge is -2.14. The third kappa shape index (κ3) is 2.33. The normalized spacial score (nSPS) is 17.8. The Morgan fingerprint density at radius 2 is 2.07 bits per heavy atom. The topological polar surface area (TPSA) is 41.3 Å². The second-order valence-electron chi connectivity index (χ2n) is 3.81. The minimum absolute atomic E-state index is 0.0384. The quantitative estimate of drug-likeness (QED) is 0.759. The molecule has 1 aliphatic heterocycles. The highest BCUT2D eigenvalue weighted by atomic mass is 16.3. The maximum atomic E-state index is 8.84. The Morgan fingerprint density at radius 3 is 2.71 bits per heavy atom. The highest BCUT2D eigenvalue weighted by Gasteiger charge is 2.10. The van der Waals surface area contributed by atoms with Crippen LogP contribution in [0.25, 0.3) is 0 Å². The van der Waals surface area contributed by atoms with Crippen molar-refractivity contribution >= 4 is 0 Å². The van der Waals surface area contributed by atoms with E-state index in [2.05, 4.69) is 9.88 Å². The second-order valence-corrected chi connectivity index (χ2v) is 3.81. The molecule has 4 heteroatoms. The molecule has 2 heterocycles. The monoisotopic (exact) mass is 195 g/mol. The van der Waals surface area contributed by atoms with Crippen LogP contribution in [0.5, 0.6) is 0 Å². The highest BCUT2D eigenvalue weighted by molar-refractivity contribution is 4.94. The summed E-state index contributed by atoms with van der Waals surface area (Å²) in [5.41, 5.74) is 0.756. The van der Waals surface area contributed by atoms with E-state index in [0.29, 0.717) is 0 Å². The molecule has 78 valence electrons. The van der Waals surface area contributed by atoms with E-state index in [1.807, 2.05) is 10.8 Å². The van der Waals surface area contributed by atoms with E-state index < -0.39 is 0 Å². The number of hydrogen-bond donors (Lipinski definition) is 1. The average molecular weight is 195 g/mol. The number of hydrogen-bond acceptors (Lipinski definition) is 3. The molecule has 1 aromatic rings. The van der Waals surface area contributed by atoms with Crippen molar-refractivity contribution < 1.29 is 5.11 Å². The summed E-state index contributed by atoms with van der Waals surface area (Å²) in [4.78, 5) is 6.55. The van der Waals surface area contributed by atoms with Gasteiger partial charge >= 0.3 is 0 Å². The molecule has 0 saturated carbocycles. The first kappa shape index (κ1) is 9.68. The van der Waals surface area contributed by atoms with Gasteiger partial charge in [0.2, 0.25) is 0 Å². The van der Waals surface area contributed by atoms with Crippen LogP contribution in [0, 0.1) is 0 Å². The first-order chi connectivity index (χ1) is 6.88. The van der Waals surface area contributed by atoms with Gasteiger partial charge in [-0.3, -0.25) is 0 Å². The van der Waals surface area contributed by atoms with Crippen LogP contribution in [-0.4, -0.2) is 39.2 Å². The van der Waals surface area contributed by atoms with E-state index in [1.165, 1.54) is 25.9 Å². The molecule has 0 atom stereocenters. The van der Waals surface area contributed by atoms with Crippen LogP contribution in [-0.2, 0) is 13.2 Å². The minimum atomic E-state index is 0.0384. The van der Waals surface area contributed by atoms with Crippen LogP contribution in [0.2, 0.25) is 0 Å². The van der Waals surface area contributed by atoms with Gasteiger partial charge in [-0.05, 0) is 25.9 Å². The van der Waals surface area contributed by atoms with Crippen molar-refractivity contribution in [3.8, 4) is 0 Å². The Balaban J connectivity index is 1.79. The number of aromatic nitrogens is 2. The number of aliphatic hydroxyl groups is 1. The van der Waals surface area contributed by atoms with Crippen molar-refractivity contribution in [2.45, 2.75) is 26.0 Å². The summed E-state index contributed by atoms with van der Waals surface area (Å²) in [7, 11) is 0. The van der Waals surface area contributed by atoms with E-state index in [0.717, 1.165) is 18.8 Å². The van der Waals surface area contributed by atoms with Crippen LogP contribution >= 0.6 is 0 Å². The van der Waals surface area contributed by atoms with Gasteiger partial charge in [0.1, 0.15) is 0 Å². The fourth-order valence-corrected chi connectivity index (χ4v) is 1.87. The molecule has 1 aromatic heterocycles. The zero-order valence-corrected chi connectivity index (χ0v) is 8.39. The molecule has 1 aliphatic rings. The number of aliphatic hydroxyl groups excluding tert-OH is 1. The highest BCUT2D eigenvalue weighted by Crippen LogP contribution is 2.07. The van der Waals surface area contributed by atoms with Crippen molar-refractivity contribution in [3.63, 3.8) is 0 Å². The molecule has 1 fully saturated rings. The number of likely N-dealkylation sites (tertiary alicyclic amines) is 1. The molecular weight excluding hydrogens is 178 g/mol. The second kappa shape index (κ2) is 4.57. The Hall–Kier alpha value is -0.870. The predicted octanol–water partition coefficient (Wildman–Crippen LogP) is 0.471. The van der Waals surface area contributed by atoms with Crippen LogP contribution in [0.3, 0.4) is 0 Å². The summed E-state index contributed by atoms with van der Waals surface area (Å²) in [6.45, 7) is 4.59. The number of imidazole rings is 1. The van der Waals surface area contributed by atoms with Crippen LogP contribution in [0.15, 0.2) is 12.5 Å². The summed E-state index contributed by atoms with van der Waals surface area (Å²) >= 11 is 0. The summed E-state index contributed by atoms with van der Waals surface area (Å²) in [5, 5.41) is 8.84. The Labute approximate surface area is 84.2 Å². The van der Waals surface area contributed by atoms with Gasteiger partial charge in [0.05, 0.1) is 18.6 Å². The smallest absolute Gasteiger partial charge is 0.0950 e. The van der Waals surface area contributed by atoms with Crippen LogP contribution < -0.4 is 0 Å². The third-order valence-electron chi connectivity index (χ3n) is 2.72. The number of nitrogens with zero attached hydrogens (tertiary/aromatic N) is 3. The van der Waals surface area contributed by atoms with Gasteiger partial charge < -0.3 is 14.6 Å². The molecule has 0 radical (unpaired) electrons. The largest absolute Gasteiger partial charge is 0.390 e. The Kier molecular flexibility index (Phi) is 3.16. The van der Waals surface area contributed by atoms with Crippen LogP contribution in [0.4, 0.5) is 0 Å². The fourth-order valence-electron chi connectivity index (χ4n) is 1.87. The zero-order chi connectivity index (χ0) is 9.80.